The smallest absolute Gasteiger partial charge is 0.315 e. The Hall–Kier alpha value is -2.63. The van der Waals surface area contributed by atoms with Gasteiger partial charge in [-0.2, -0.15) is 0 Å². The Morgan fingerprint density at radius 3 is 2.72 bits per heavy atom. The lowest BCUT2D eigenvalue weighted by Crippen LogP contribution is -2.43. The molecule has 132 valence electrons. The van der Waals surface area contributed by atoms with Gasteiger partial charge in [-0.05, 0) is 25.0 Å². The van der Waals surface area contributed by atoms with Crippen LogP contribution in [0.4, 0.5) is 10.5 Å². The number of benzene rings is 1. The van der Waals surface area contributed by atoms with E-state index in [4.69, 9.17) is 0 Å². The summed E-state index contributed by atoms with van der Waals surface area (Å²) in [6, 6.07) is 9.56. The molecule has 3 amide bonds. The van der Waals surface area contributed by atoms with Gasteiger partial charge in [0, 0.05) is 30.6 Å². The predicted octanol–water partition coefficient (Wildman–Crippen LogP) is 3.20. The van der Waals surface area contributed by atoms with Crippen molar-refractivity contribution >= 4 is 28.5 Å². The SMILES string of the molecule is O=C(CCNC(=O)NC1CCCCC1)Nc1cccc2cccnc12. The van der Waals surface area contributed by atoms with Crippen molar-refractivity contribution in [2.75, 3.05) is 11.9 Å². The van der Waals surface area contributed by atoms with E-state index < -0.39 is 0 Å². The van der Waals surface area contributed by atoms with Gasteiger partial charge in [0.25, 0.3) is 0 Å². The van der Waals surface area contributed by atoms with Crippen LogP contribution in [0.2, 0.25) is 0 Å². The fraction of sp³-hybridized carbons (Fsp3) is 0.421. The van der Waals surface area contributed by atoms with Gasteiger partial charge in [-0.1, -0.05) is 37.5 Å². The number of hydrogen-bond acceptors (Lipinski definition) is 3. The lowest BCUT2D eigenvalue weighted by atomic mass is 9.96. The second-order valence-electron chi connectivity index (χ2n) is 6.41. The zero-order chi connectivity index (χ0) is 17.5. The first-order valence-corrected chi connectivity index (χ1v) is 8.90. The molecular weight excluding hydrogens is 316 g/mol. The Labute approximate surface area is 147 Å². The van der Waals surface area contributed by atoms with E-state index in [9.17, 15) is 9.59 Å². The largest absolute Gasteiger partial charge is 0.338 e. The zero-order valence-corrected chi connectivity index (χ0v) is 14.3. The third kappa shape index (κ3) is 4.92. The molecule has 3 N–H and O–H groups in total. The van der Waals surface area contributed by atoms with Crippen LogP contribution in [0.15, 0.2) is 36.5 Å². The maximum Gasteiger partial charge on any atom is 0.315 e. The normalized spacial score (nSPS) is 14.9. The quantitative estimate of drug-likeness (QED) is 0.781. The molecule has 6 heteroatoms. The van der Waals surface area contributed by atoms with Gasteiger partial charge < -0.3 is 16.0 Å². The summed E-state index contributed by atoms with van der Waals surface area (Å²) in [5.74, 6) is -0.142. The number of carbonyl (C=O) groups excluding carboxylic acids is 2. The van der Waals surface area contributed by atoms with Crippen molar-refractivity contribution in [3.05, 3.63) is 36.5 Å². The lowest BCUT2D eigenvalue weighted by Gasteiger charge is -2.22. The molecule has 1 aromatic carbocycles. The van der Waals surface area contributed by atoms with Gasteiger partial charge in [-0.25, -0.2) is 4.79 Å². The molecule has 0 bridgehead atoms. The molecule has 25 heavy (non-hydrogen) atoms. The molecule has 1 saturated carbocycles. The van der Waals surface area contributed by atoms with Crippen LogP contribution >= 0.6 is 0 Å². The maximum atomic E-state index is 12.1. The van der Waals surface area contributed by atoms with Crippen LogP contribution in [-0.4, -0.2) is 29.5 Å². The van der Waals surface area contributed by atoms with Crippen LogP contribution < -0.4 is 16.0 Å². The highest BCUT2D eigenvalue weighted by Gasteiger charge is 2.15. The maximum absolute atomic E-state index is 12.1. The zero-order valence-electron chi connectivity index (χ0n) is 14.3. The van der Waals surface area contributed by atoms with E-state index in [0.29, 0.717) is 12.2 Å². The van der Waals surface area contributed by atoms with Gasteiger partial charge in [-0.3, -0.25) is 9.78 Å². The molecule has 2 aromatic rings. The summed E-state index contributed by atoms with van der Waals surface area (Å²) < 4.78 is 0. The van der Waals surface area contributed by atoms with Crippen LogP contribution in [0.5, 0.6) is 0 Å². The monoisotopic (exact) mass is 340 g/mol. The van der Waals surface area contributed by atoms with Gasteiger partial charge in [0.15, 0.2) is 0 Å². The highest BCUT2D eigenvalue weighted by Crippen LogP contribution is 2.20. The third-order valence-corrected chi connectivity index (χ3v) is 4.48. The number of pyridine rings is 1. The highest BCUT2D eigenvalue weighted by atomic mass is 16.2. The summed E-state index contributed by atoms with van der Waals surface area (Å²) in [5, 5.41) is 9.58. The van der Waals surface area contributed by atoms with E-state index in [1.165, 1.54) is 19.3 Å². The first-order valence-electron chi connectivity index (χ1n) is 8.90. The molecule has 0 spiro atoms. The highest BCUT2D eigenvalue weighted by molar-refractivity contribution is 6.00. The number of urea groups is 1. The fourth-order valence-corrected chi connectivity index (χ4v) is 3.19. The van der Waals surface area contributed by atoms with Gasteiger partial charge in [0.2, 0.25) is 5.91 Å². The van der Waals surface area contributed by atoms with Gasteiger partial charge >= 0.3 is 6.03 Å². The number of para-hydroxylation sites is 1. The van der Waals surface area contributed by atoms with Gasteiger partial charge in [0.1, 0.15) is 0 Å². The lowest BCUT2D eigenvalue weighted by molar-refractivity contribution is -0.116. The number of hydrogen-bond donors (Lipinski definition) is 3. The molecule has 6 nitrogen and oxygen atoms in total. The number of nitrogens with zero attached hydrogens (tertiary/aromatic N) is 1. The summed E-state index contributed by atoms with van der Waals surface area (Å²) in [4.78, 5) is 28.3. The Morgan fingerprint density at radius 1 is 1.08 bits per heavy atom. The third-order valence-electron chi connectivity index (χ3n) is 4.48. The first kappa shape index (κ1) is 17.2. The standard InChI is InChI=1S/C19H24N4O2/c24-17(11-13-21-19(25)22-15-8-2-1-3-9-15)23-16-10-4-6-14-7-5-12-20-18(14)16/h4-7,10,12,15H,1-3,8-9,11,13H2,(H,23,24)(H2,21,22,25). The molecular formula is C19H24N4O2. The van der Waals surface area contributed by atoms with Crippen molar-refractivity contribution in [1.29, 1.82) is 0 Å². The molecule has 1 heterocycles. The molecule has 0 unspecified atom stereocenters. The molecule has 0 saturated heterocycles. The van der Waals surface area contributed by atoms with Crippen molar-refractivity contribution < 1.29 is 9.59 Å². The minimum absolute atomic E-state index is 0.142. The number of anilines is 1. The first-order chi connectivity index (χ1) is 12.2. The summed E-state index contributed by atoms with van der Waals surface area (Å²) in [5.41, 5.74) is 1.45. The fourth-order valence-electron chi connectivity index (χ4n) is 3.19. The van der Waals surface area contributed by atoms with Crippen LogP contribution in [0.1, 0.15) is 38.5 Å². The Morgan fingerprint density at radius 2 is 1.88 bits per heavy atom. The molecule has 0 atom stereocenters. The molecule has 0 aliphatic heterocycles. The van der Waals surface area contributed by atoms with Crippen molar-refractivity contribution in [2.45, 2.75) is 44.6 Å². The Balaban J connectivity index is 1.44. The van der Waals surface area contributed by atoms with Crippen LogP contribution in [0, 0.1) is 0 Å². The molecule has 1 aliphatic carbocycles. The predicted molar refractivity (Wildman–Crippen MR) is 98.4 cm³/mol. The molecule has 1 aromatic heterocycles. The van der Waals surface area contributed by atoms with E-state index in [2.05, 4.69) is 20.9 Å². The van der Waals surface area contributed by atoms with Gasteiger partial charge in [0.05, 0.1) is 11.2 Å². The Kier molecular flexibility index (Phi) is 5.82. The second kappa shape index (κ2) is 8.46. The number of aromatic nitrogens is 1. The van der Waals surface area contributed by atoms with Crippen molar-refractivity contribution in [1.82, 2.24) is 15.6 Å². The minimum Gasteiger partial charge on any atom is -0.338 e. The topological polar surface area (TPSA) is 83.1 Å². The molecule has 1 fully saturated rings. The molecule has 0 radical (unpaired) electrons. The number of fused-ring (bicyclic) bond motifs is 1. The van der Waals surface area contributed by atoms with Crippen molar-refractivity contribution in [3.63, 3.8) is 0 Å². The van der Waals surface area contributed by atoms with E-state index in [1.54, 1.807) is 6.20 Å². The summed E-state index contributed by atoms with van der Waals surface area (Å²) >= 11 is 0. The van der Waals surface area contributed by atoms with E-state index in [0.717, 1.165) is 23.7 Å². The summed E-state index contributed by atoms with van der Waals surface area (Å²) in [6.07, 6.45) is 7.61. The minimum atomic E-state index is -0.188. The van der Waals surface area contributed by atoms with Gasteiger partial charge in [-0.15, -0.1) is 0 Å². The number of nitrogens with one attached hydrogen (secondary N) is 3. The summed E-state index contributed by atoms with van der Waals surface area (Å²) in [6.45, 7) is 0.308. The number of rotatable bonds is 5. The van der Waals surface area contributed by atoms with Crippen LogP contribution in [0.25, 0.3) is 10.9 Å². The van der Waals surface area contributed by atoms with E-state index >= 15 is 0 Å². The summed E-state index contributed by atoms with van der Waals surface area (Å²) in [7, 11) is 0. The second-order valence-corrected chi connectivity index (χ2v) is 6.41. The van der Waals surface area contributed by atoms with Crippen molar-refractivity contribution in [2.24, 2.45) is 0 Å². The number of amides is 3. The van der Waals surface area contributed by atoms with E-state index in [1.807, 2.05) is 30.3 Å². The molecule has 3 rings (SSSR count). The van der Waals surface area contributed by atoms with E-state index in [-0.39, 0.29) is 24.4 Å². The molecule has 1 aliphatic rings. The Bertz CT molecular complexity index is 736. The average Bonchev–Trinajstić information content (AvgIpc) is 2.63. The number of carbonyl (C=O) groups is 2. The average molecular weight is 340 g/mol. The van der Waals surface area contributed by atoms with Crippen LogP contribution in [0.3, 0.4) is 0 Å². The van der Waals surface area contributed by atoms with Crippen LogP contribution in [-0.2, 0) is 4.79 Å². The van der Waals surface area contributed by atoms with Crippen molar-refractivity contribution in [3.8, 4) is 0 Å².